The fraction of sp³-hybridized carbons (Fsp3) is 0.0833. The minimum Gasteiger partial charge on any atom is -0.383 e. The van der Waals surface area contributed by atoms with E-state index in [9.17, 15) is 10.1 Å². The zero-order chi connectivity index (χ0) is 15.0. The molecule has 0 aliphatic carbocycles. The summed E-state index contributed by atoms with van der Waals surface area (Å²) in [6, 6.07) is 4.46. The summed E-state index contributed by atoms with van der Waals surface area (Å²) < 4.78 is 5.13. The second-order valence-electron chi connectivity index (χ2n) is 4.38. The molecule has 0 bridgehead atoms. The van der Waals surface area contributed by atoms with Crippen molar-refractivity contribution in [1.82, 2.24) is 20.3 Å². The van der Waals surface area contributed by atoms with E-state index >= 15 is 0 Å². The van der Waals surface area contributed by atoms with Crippen LogP contribution in [0.3, 0.4) is 0 Å². The predicted octanol–water partition coefficient (Wildman–Crippen LogP) is 1.93. The van der Waals surface area contributed by atoms with Crippen molar-refractivity contribution < 1.29 is 9.45 Å². The summed E-state index contributed by atoms with van der Waals surface area (Å²) in [5, 5.41) is 21.0. The summed E-state index contributed by atoms with van der Waals surface area (Å²) in [5.41, 5.74) is 7.45. The van der Waals surface area contributed by atoms with Crippen LogP contribution in [0.4, 0.5) is 11.5 Å². The molecule has 0 radical (unpaired) electrons. The van der Waals surface area contributed by atoms with Crippen molar-refractivity contribution in [2.24, 2.45) is 0 Å². The van der Waals surface area contributed by atoms with Crippen molar-refractivity contribution in [3.63, 3.8) is 0 Å². The first-order chi connectivity index (χ1) is 10.1. The molecule has 3 rings (SSSR count). The summed E-state index contributed by atoms with van der Waals surface area (Å²) in [7, 11) is 0. The molecule has 3 N–H and O–H groups in total. The van der Waals surface area contributed by atoms with E-state index in [0.29, 0.717) is 16.9 Å². The highest BCUT2D eigenvalue weighted by Gasteiger charge is 2.17. The zero-order valence-corrected chi connectivity index (χ0v) is 10.9. The fourth-order valence-electron chi connectivity index (χ4n) is 1.87. The Labute approximate surface area is 117 Å². The molecule has 9 heteroatoms. The molecule has 3 aromatic rings. The van der Waals surface area contributed by atoms with Crippen molar-refractivity contribution in [2.45, 2.75) is 6.92 Å². The number of hydrogen-bond donors (Lipinski definition) is 2. The Hall–Kier alpha value is -3.23. The maximum absolute atomic E-state index is 10.8. The third-order valence-corrected chi connectivity index (χ3v) is 3.00. The molecule has 2 aromatic heterocycles. The molecule has 9 nitrogen and oxygen atoms in total. The Morgan fingerprint density at radius 1 is 1.38 bits per heavy atom. The number of aryl methyl sites for hydroxylation is 1. The van der Waals surface area contributed by atoms with Crippen LogP contribution in [0.2, 0.25) is 0 Å². The van der Waals surface area contributed by atoms with Crippen molar-refractivity contribution in [3.05, 3.63) is 40.1 Å². The lowest BCUT2D eigenvalue weighted by atomic mass is 10.1. The molecule has 0 atom stereocenters. The van der Waals surface area contributed by atoms with Gasteiger partial charge >= 0.3 is 0 Å². The number of hydrogen-bond acceptors (Lipinski definition) is 7. The van der Waals surface area contributed by atoms with Gasteiger partial charge in [0.2, 0.25) is 5.82 Å². The Balaban J connectivity index is 2.06. The molecular formula is C12H10N6O3. The largest absolute Gasteiger partial charge is 0.383 e. The van der Waals surface area contributed by atoms with Gasteiger partial charge in [-0.2, -0.15) is 10.1 Å². The number of nitro benzene ring substituents is 1. The molecule has 0 aliphatic rings. The molecule has 0 unspecified atom stereocenters. The van der Waals surface area contributed by atoms with Crippen LogP contribution in [0.5, 0.6) is 0 Å². The second kappa shape index (κ2) is 4.71. The van der Waals surface area contributed by atoms with Crippen LogP contribution >= 0.6 is 0 Å². The number of nitro groups is 1. The number of aromatic amines is 1. The molecule has 0 aliphatic heterocycles. The SMILES string of the molecule is Cc1ccc([N+](=O)[O-])cc1-c1noc(-c2cn[nH]c2N)n1. The Bertz CT molecular complexity index is 822. The number of anilines is 1. The highest BCUT2D eigenvalue weighted by atomic mass is 16.6. The summed E-state index contributed by atoms with van der Waals surface area (Å²) in [6.45, 7) is 1.81. The summed E-state index contributed by atoms with van der Waals surface area (Å²) in [6.07, 6.45) is 1.47. The normalized spacial score (nSPS) is 10.7. The van der Waals surface area contributed by atoms with E-state index in [1.165, 1.54) is 18.3 Å². The molecule has 21 heavy (non-hydrogen) atoms. The average molecular weight is 286 g/mol. The third-order valence-electron chi connectivity index (χ3n) is 3.00. The Morgan fingerprint density at radius 2 is 2.19 bits per heavy atom. The van der Waals surface area contributed by atoms with Gasteiger partial charge in [0.25, 0.3) is 11.6 Å². The van der Waals surface area contributed by atoms with Crippen LogP contribution < -0.4 is 5.73 Å². The molecule has 0 amide bonds. The van der Waals surface area contributed by atoms with Gasteiger partial charge in [0, 0.05) is 17.7 Å². The van der Waals surface area contributed by atoms with Gasteiger partial charge in [-0.3, -0.25) is 15.2 Å². The van der Waals surface area contributed by atoms with E-state index in [1.807, 2.05) is 0 Å². The first-order valence-corrected chi connectivity index (χ1v) is 5.94. The van der Waals surface area contributed by atoms with Gasteiger partial charge in [-0.1, -0.05) is 11.2 Å². The zero-order valence-electron chi connectivity index (χ0n) is 10.9. The molecule has 0 saturated carbocycles. The average Bonchev–Trinajstić information content (AvgIpc) is 3.07. The number of nitrogens with one attached hydrogen (secondary N) is 1. The summed E-state index contributed by atoms with van der Waals surface area (Å²) in [5.74, 6) is 0.759. The number of benzene rings is 1. The maximum Gasteiger partial charge on any atom is 0.270 e. The number of nitrogens with zero attached hydrogens (tertiary/aromatic N) is 4. The number of non-ortho nitro benzene ring substituents is 1. The molecule has 1 aromatic carbocycles. The lowest BCUT2D eigenvalue weighted by Crippen LogP contribution is -1.92. The second-order valence-corrected chi connectivity index (χ2v) is 4.38. The quantitative estimate of drug-likeness (QED) is 0.554. The van der Waals surface area contributed by atoms with Crippen molar-refractivity contribution in [3.8, 4) is 22.8 Å². The van der Waals surface area contributed by atoms with Crippen LogP contribution in [0.1, 0.15) is 5.56 Å². The van der Waals surface area contributed by atoms with Crippen molar-refractivity contribution in [1.29, 1.82) is 0 Å². The van der Waals surface area contributed by atoms with E-state index in [1.54, 1.807) is 13.0 Å². The van der Waals surface area contributed by atoms with Crippen LogP contribution in [0.15, 0.2) is 28.9 Å². The van der Waals surface area contributed by atoms with Crippen LogP contribution in [-0.4, -0.2) is 25.3 Å². The van der Waals surface area contributed by atoms with Gasteiger partial charge in [-0.05, 0) is 12.5 Å². The van der Waals surface area contributed by atoms with Crippen molar-refractivity contribution >= 4 is 11.5 Å². The lowest BCUT2D eigenvalue weighted by molar-refractivity contribution is -0.384. The molecule has 106 valence electrons. The molecule has 0 saturated heterocycles. The summed E-state index contributed by atoms with van der Waals surface area (Å²) >= 11 is 0. The van der Waals surface area contributed by atoms with Crippen LogP contribution in [0.25, 0.3) is 22.8 Å². The standard InChI is InChI=1S/C12H10N6O3/c1-6-2-3-7(18(19)20)4-8(6)11-15-12(21-17-11)9-5-14-16-10(9)13/h2-5H,1H3,(H3,13,14,16). The Morgan fingerprint density at radius 3 is 2.86 bits per heavy atom. The first kappa shape index (κ1) is 12.8. The van der Waals surface area contributed by atoms with Gasteiger partial charge in [0.05, 0.1) is 11.1 Å². The smallest absolute Gasteiger partial charge is 0.270 e. The minimum atomic E-state index is -0.474. The van der Waals surface area contributed by atoms with Gasteiger partial charge in [0.1, 0.15) is 11.4 Å². The number of H-pyrrole nitrogens is 1. The van der Waals surface area contributed by atoms with E-state index in [2.05, 4.69) is 20.3 Å². The van der Waals surface area contributed by atoms with Gasteiger partial charge in [-0.25, -0.2) is 0 Å². The molecular weight excluding hydrogens is 276 g/mol. The van der Waals surface area contributed by atoms with E-state index in [4.69, 9.17) is 10.3 Å². The third kappa shape index (κ3) is 2.20. The molecule has 0 fully saturated rings. The Kier molecular flexibility index (Phi) is 2.87. The molecule has 0 spiro atoms. The van der Waals surface area contributed by atoms with E-state index < -0.39 is 4.92 Å². The van der Waals surface area contributed by atoms with Gasteiger partial charge < -0.3 is 10.3 Å². The highest BCUT2D eigenvalue weighted by Crippen LogP contribution is 2.28. The highest BCUT2D eigenvalue weighted by molar-refractivity contribution is 5.69. The lowest BCUT2D eigenvalue weighted by Gasteiger charge is -2.00. The number of nitrogen functional groups attached to an aromatic ring is 1. The predicted molar refractivity (Wildman–Crippen MR) is 73.1 cm³/mol. The van der Waals surface area contributed by atoms with Gasteiger partial charge in [-0.15, -0.1) is 0 Å². The number of nitrogens with two attached hydrogens (primary N) is 1. The van der Waals surface area contributed by atoms with Crippen LogP contribution in [-0.2, 0) is 0 Å². The first-order valence-electron chi connectivity index (χ1n) is 5.94. The fourth-order valence-corrected chi connectivity index (χ4v) is 1.87. The monoisotopic (exact) mass is 286 g/mol. The summed E-state index contributed by atoms with van der Waals surface area (Å²) in [4.78, 5) is 14.6. The van der Waals surface area contributed by atoms with Crippen molar-refractivity contribution in [2.75, 3.05) is 5.73 Å². The number of rotatable bonds is 3. The number of aromatic nitrogens is 4. The van der Waals surface area contributed by atoms with Crippen LogP contribution in [0, 0.1) is 17.0 Å². The maximum atomic E-state index is 10.8. The van der Waals surface area contributed by atoms with E-state index in [-0.39, 0.29) is 17.4 Å². The topological polar surface area (TPSA) is 137 Å². The molecule has 2 heterocycles. The van der Waals surface area contributed by atoms with E-state index in [0.717, 1.165) is 5.56 Å². The van der Waals surface area contributed by atoms with Gasteiger partial charge in [0.15, 0.2) is 0 Å². The minimum absolute atomic E-state index is 0.0372.